The molecule has 0 spiro atoms. The molecule has 2 amide bonds. The molecule has 2 saturated heterocycles. The van der Waals surface area contributed by atoms with E-state index in [1.165, 1.54) is 29.6 Å². The monoisotopic (exact) mass is 447 g/mol. The van der Waals surface area contributed by atoms with Crippen LogP contribution in [0.1, 0.15) is 6.42 Å². The van der Waals surface area contributed by atoms with Crippen molar-refractivity contribution in [2.75, 3.05) is 38.2 Å². The third-order valence-electron chi connectivity index (χ3n) is 5.62. The number of rotatable bonds is 5. The van der Waals surface area contributed by atoms with E-state index >= 15 is 0 Å². The third kappa shape index (κ3) is 3.82. The van der Waals surface area contributed by atoms with Crippen molar-refractivity contribution >= 4 is 27.5 Å². The summed E-state index contributed by atoms with van der Waals surface area (Å²) in [6.45, 7) is 0.723. The molecule has 0 aromatic heterocycles. The number of para-hydroxylation sites is 2. The molecular weight excluding hydrogens is 425 g/mol. The minimum Gasteiger partial charge on any atom is -0.495 e. The van der Waals surface area contributed by atoms with Crippen molar-refractivity contribution in [3.63, 3.8) is 0 Å². The number of hydrogen-bond acceptors (Lipinski definition) is 6. The zero-order valence-electron chi connectivity index (χ0n) is 16.9. The number of carbonyl (C=O) groups is 2. The molecule has 1 atom stereocenters. The summed E-state index contributed by atoms with van der Waals surface area (Å²) in [6.07, 6.45) is 0.0109. The maximum atomic E-state index is 14.0. The van der Waals surface area contributed by atoms with Gasteiger partial charge in [-0.25, -0.2) is 17.7 Å². The summed E-state index contributed by atoms with van der Waals surface area (Å²) in [5.41, 5.74) is 0.392. The second-order valence-corrected chi connectivity index (χ2v) is 9.24. The van der Waals surface area contributed by atoms with Gasteiger partial charge in [0.05, 0.1) is 25.3 Å². The van der Waals surface area contributed by atoms with Gasteiger partial charge in [-0.2, -0.15) is 4.31 Å². The molecule has 4 rings (SSSR count). The lowest BCUT2D eigenvalue weighted by atomic mass is 10.2. The maximum absolute atomic E-state index is 14.0. The molecule has 2 aliphatic heterocycles. The Morgan fingerprint density at radius 1 is 0.968 bits per heavy atom. The van der Waals surface area contributed by atoms with E-state index < -0.39 is 21.9 Å². The Labute approximate surface area is 179 Å². The van der Waals surface area contributed by atoms with E-state index in [1.807, 2.05) is 4.90 Å². The van der Waals surface area contributed by atoms with Crippen LogP contribution in [0.3, 0.4) is 0 Å². The fraction of sp³-hybridized carbons (Fsp3) is 0.333. The Morgan fingerprint density at radius 3 is 2.29 bits per heavy atom. The van der Waals surface area contributed by atoms with Crippen LogP contribution in [0, 0.1) is 5.82 Å². The van der Waals surface area contributed by atoms with Gasteiger partial charge in [0, 0.05) is 26.2 Å². The number of halogens is 1. The molecule has 0 aliphatic carbocycles. The topological polar surface area (TPSA) is 87.2 Å². The number of anilines is 1. The van der Waals surface area contributed by atoms with Crippen LogP contribution < -0.4 is 9.64 Å². The molecule has 2 aromatic carbocycles. The van der Waals surface area contributed by atoms with E-state index in [1.54, 1.807) is 24.3 Å². The number of hydrogen-bond donors (Lipinski definition) is 0. The molecule has 10 heteroatoms. The van der Waals surface area contributed by atoms with E-state index in [9.17, 15) is 22.4 Å². The van der Waals surface area contributed by atoms with Crippen molar-refractivity contribution in [1.29, 1.82) is 0 Å². The molecule has 2 aromatic rings. The van der Waals surface area contributed by atoms with Gasteiger partial charge in [0.2, 0.25) is 15.9 Å². The van der Waals surface area contributed by atoms with Gasteiger partial charge in [0.1, 0.15) is 16.5 Å². The molecule has 0 N–H and O–H groups in total. The summed E-state index contributed by atoms with van der Waals surface area (Å²) in [4.78, 5) is 28.3. The van der Waals surface area contributed by atoms with Crippen LogP contribution in [-0.2, 0) is 19.6 Å². The van der Waals surface area contributed by atoms with Gasteiger partial charge in [0.25, 0.3) is 5.91 Å². The zero-order chi connectivity index (χ0) is 22.2. The smallest absolute Gasteiger partial charge is 0.251 e. The number of imide groups is 1. The van der Waals surface area contributed by atoms with E-state index in [0.29, 0.717) is 11.4 Å². The standard InChI is InChI=1S/C21H22FN3O5S/c1-30-18-8-4-3-7-16(18)25-20(26)14-17(21(25)27)23-10-12-24(13-11-23)31(28,29)19-9-5-2-6-15(19)22/h2-9,17H,10-14H2,1H3. The maximum Gasteiger partial charge on any atom is 0.251 e. The van der Waals surface area contributed by atoms with E-state index in [-0.39, 0.29) is 49.3 Å². The van der Waals surface area contributed by atoms with Gasteiger partial charge in [-0.15, -0.1) is 0 Å². The largest absolute Gasteiger partial charge is 0.495 e. The highest BCUT2D eigenvalue weighted by Gasteiger charge is 2.45. The first-order chi connectivity index (χ1) is 14.8. The first kappa shape index (κ1) is 21.4. The van der Waals surface area contributed by atoms with Crippen LogP contribution >= 0.6 is 0 Å². The number of methoxy groups -OCH3 is 1. The summed E-state index contributed by atoms with van der Waals surface area (Å²) >= 11 is 0. The predicted molar refractivity (Wildman–Crippen MR) is 111 cm³/mol. The average Bonchev–Trinajstić information content (AvgIpc) is 3.07. The van der Waals surface area contributed by atoms with Gasteiger partial charge in [0.15, 0.2) is 0 Å². The number of benzene rings is 2. The Balaban J connectivity index is 1.48. The predicted octanol–water partition coefficient (Wildman–Crippen LogP) is 1.47. The molecule has 0 saturated carbocycles. The summed E-state index contributed by atoms with van der Waals surface area (Å²) in [5.74, 6) is -1.07. The summed E-state index contributed by atoms with van der Waals surface area (Å²) in [7, 11) is -2.51. The minimum atomic E-state index is -3.97. The van der Waals surface area contributed by atoms with Gasteiger partial charge in [-0.05, 0) is 24.3 Å². The van der Waals surface area contributed by atoms with Crippen molar-refractivity contribution in [2.24, 2.45) is 0 Å². The normalized spacial score (nSPS) is 21.0. The highest BCUT2D eigenvalue weighted by Crippen LogP contribution is 2.33. The van der Waals surface area contributed by atoms with Crippen molar-refractivity contribution in [1.82, 2.24) is 9.21 Å². The van der Waals surface area contributed by atoms with Gasteiger partial charge in [-0.1, -0.05) is 24.3 Å². The summed E-state index contributed by atoms with van der Waals surface area (Å²) < 4.78 is 46.1. The van der Waals surface area contributed by atoms with Crippen LogP contribution in [0.4, 0.5) is 10.1 Å². The lowest BCUT2D eigenvalue weighted by Crippen LogP contribution is -2.53. The minimum absolute atomic E-state index is 0.0109. The Kier molecular flexibility index (Phi) is 5.78. The van der Waals surface area contributed by atoms with Crippen molar-refractivity contribution < 1.29 is 27.1 Å². The average molecular weight is 447 g/mol. The molecule has 8 nitrogen and oxygen atoms in total. The number of ether oxygens (including phenoxy) is 1. The van der Waals surface area contributed by atoms with E-state index in [0.717, 1.165) is 11.0 Å². The second-order valence-electron chi connectivity index (χ2n) is 7.33. The molecule has 31 heavy (non-hydrogen) atoms. The highest BCUT2D eigenvalue weighted by atomic mass is 32.2. The van der Waals surface area contributed by atoms with Crippen LogP contribution in [0.25, 0.3) is 0 Å². The Hall–Kier alpha value is -2.82. The number of sulfonamides is 1. The molecule has 0 bridgehead atoms. The SMILES string of the molecule is COc1ccccc1N1C(=O)CC(N2CCN(S(=O)(=O)c3ccccc3F)CC2)C1=O. The first-order valence-electron chi connectivity index (χ1n) is 9.83. The lowest BCUT2D eigenvalue weighted by molar-refractivity contribution is -0.123. The van der Waals surface area contributed by atoms with Gasteiger partial charge in [-0.3, -0.25) is 14.5 Å². The Bertz CT molecular complexity index is 1120. The molecule has 164 valence electrons. The molecule has 2 aliphatic rings. The number of piperazine rings is 1. The number of carbonyl (C=O) groups excluding carboxylic acids is 2. The molecule has 0 radical (unpaired) electrons. The summed E-state index contributed by atoms with van der Waals surface area (Å²) in [6, 6.07) is 11.4. The van der Waals surface area contributed by atoms with Gasteiger partial charge >= 0.3 is 0 Å². The number of amides is 2. The van der Waals surface area contributed by atoms with Crippen LogP contribution in [0.5, 0.6) is 5.75 Å². The van der Waals surface area contributed by atoms with E-state index in [4.69, 9.17) is 4.74 Å². The Morgan fingerprint density at radius 2 is 1.61 bits per heavy atom. The fourth-order valence-electron chi connectivity index (χ4n) is 4.02. The molecule has 1 unspecified atom stereocenters. The molecular formula is C21H22FN3O5S. The third-order valence-corrected chi connectivity index (χ3v) is 7.55. The van der Waals surface area contributed by atoms with Crippen LogP contribution in [0.15, 0.2) is 53.4 Å². The van der Waals surface area contributed by atoms with Crippen LogP contribution in [-0.4, -0.2) is 68.8 Å². The number of nitrogens with zero attached hydrogens (tertiary/aromatic N) is 3. The quantitative estimate of drug-likeness (QED) is 0.646. The molecule has 2 heterocycles. The van der Waals surface area contributed by atoms with Gasteiger partial charge < -0.3 is 4.74 Å². The lowest BCUT2D eigenvalue weighted by Gasteiger charge is -2.36. The van der Waals surface area contributed by atoms with Crippen LogP contribution in [0.2, 0.25) is 0 Å². The van der Waals surface area contributed by atoms with Crippen molar-refractivity contribution in [2.45, 2.75) is 17.4 Å². The first-order valence-corrected chi connectivity index (χ1v) is 11.3. The van der Waals surface area contributed by atoms with E-state index in [2.05, 4.69) is 0 Å². The summed E-state index contributed by atoms with van der Waals surface area (Å²) in [5, 5.41) is 0. The second kappa shape index (κ2) is 8.37. The fourth-order valence-corrected chi connectivity index (χ4v) is 5.50. The van der Waals surface area contributed by atoms with Crippen molar-refractivity contribution in [3.05, 3.63) is 54.3 Å². The van der Waals surface area contributed by atoms with Crippen molar-refractivity contribution in [3.8, 4) is 5.75 Å². The zero-order valence-corrected chi connectivity index (χ0v) is 17.7. The molecule has 2 fully saturated rings. The highest BCUT2D eigenvalue weighted by molar-refractivity contribution is 7.89.